The van der Waals surface area contributed by atoms with Crippen LogP contribution in [0, 0.1) is 5.92 Å². The zero-order valence-corrected chi connectivity index (χ0v) is 10.7. The summed E-state index contributed by atoms with van der Waals surface area (Å²) in [6.07, 6.45) is 0.880. The molecule has 2 atom stereocenters. The fraction of sp³-hybridized carbons (Fsp3) is 0.818. The van der Waals surface area contributed by atoms with E-state index in [1.807, 2.05) is 13.8 Å². The van der Waals surface area contributed by atoms with Gasteiger partial charge in [-0.05, 0) is 13.3 Å². The first-order valence-electron chi connectivity index (χ1n) is 5.51. The number of urea groups is 1. The zero-order valence-electron chi connectivity index (χ0n) is 10.7. The molecule has 0 bridgehead atoms. The molecule has 2 unspecified atom stereocenters. The molecule has 1 N–H and O–H groups in total. The first kappa shape index (κ1) is 14.7. The van der Waals surface area contributed by atoms with Crippen molar-refractivity contribution in [3.05, 3.63) is 0 Å². The molecule has 16 heavy (non-hydrogen) atoms. The number of hydrogen-bond acceptors (Lipinski definition) is 2. The summed E-state index contributed by atoms with van der Waals surface area (Å²) in [6.45, 7) is 5.80. The van der Waals surface area contributed by atoms with Gasteiger partial charge in [0, 0.05) is 26.7 Å². The summed E-state index contributed by atoms with van der Waals surface area (Å²) < 4.78 is 0. The van der Waals surface area contributed by atoms with Gasteiger partial charge in [-0.2, -0.15) is 0 Å². The highest BCUT2D eigenvalue weighted by Crippen LogP contribution is 2.06. The number of aliphatic carboxylic acids is 1. The number of hydrogen-bond donors (Lipinski definition) is 1. The smallest absolute Gasteiger partial charge is 0.319 e. The maximum Gasteiger partial charge on any atom is 0.319 e. The highest BCUT2D eigenvalue weighted by Gasteiger charge is 2.21. The van der Waals surface area contributed by atoms with E-state index >= 15 is 0 Å². The highest BCUT2D eigenvalue weighted by molar-refractivity contribution is 5.75. The van der Waals surface area contributed by atoms with Crippen LogP contribution in [0.5, 0.6) is 0 Å². The molecule has 0 heterocycles. The lowest BCUT2D eigenvalue weighted by Crippen LogP contribution is -2.45. The van der Waals surface area contributed by atoms with Gasteiger partial charge in [0.2, 0.25) is 0 Å². The molecule has 0 aliphatic rings. The van der Waals surface area contributed by atoms with Crippen LogP contribution in [0.15, 0.2) is 0 Å². The summed E-state index contributed by atoms with van der Waals surface area (Å²) in [7, 11) is 3.36. The molecule has 0 aromatic carbocycles. The fourth-order valence-electron chi connectivity index (χ4n) is 1.30. The van der Waals surface area contributed by atoms with Crippen LogP contribution < -0.4 is 0 Å². The minimum atomic E-state index is -0.883. The Hall–Kier alpha value is -1.26. The SMILES string of the molecule is CCC(C)N(C)C(=O)N(C)CC(C)C(=O)O. The first-order chi connectivity index (χ1) is 7.31. The van der Waals surface area contributed by atoms with Gasteiger partial charge in [-0.25, -0.2) is 4.79 Å². The van der Waals surface area contributed by atoms with Crippen molar-refractivity contribution in [1.82, 2.24) is 9.80 Å². The van der Waals surface area contributed by atoms with Crippen LogP contribution in [0.2, 0.25) is 0 Å². The molecule has 94 valence electrons. The average Bonchev–Trinajstić information content (AvgIpc) is 2.25. The largest absolute Gasteiger partial charge is 0.481 e. The normalized spacial score (nSPS) is 14.1. The molecule has 0 spiro atoms. The lowest BCUT2D eigenvalue weighted by Gasteiger charge is -2.29. The quantitative estimate of drug-likeness (QED) is 0.778. The van der Waals surface area contributed by atoms with Gasteiger partial charge < -0.3 is 14.9 Å². The molecule has 0 aromatic heterocycles. The van der Waals surface area contributed by atoms with Crippen molar-refractivity contribution in [2.24, 2.45) is 5.92 Å². The van der Waals surface area contributed by atoms with E-state index in [4.69, 9.17) is 5.11 Å². The van der Waals surface area contributed by atoms with Crippen molar-refractivity contribution in [3.8, 4) is 0 Å². The Morgan fingerprint density at radius 3 is 2.12 bits per heavy atom. The molecule has 0 aliphatic carbocycles. The number of carboxylic acids is 1. The molecule has 0 aliphatic heterocycles. The van der Waals surface area contributed by atoms with E-state index in [0.717, 1.165) is 6.42 Å². The van der Waals surface area contributed by atoms with Gasteiger partial charge in [0.25, 0.3) is 0 Å². The summed E-state index contributed by atoms with van der Waals surface area (Å²) in [4.78, 5) is 25.6. The molecule has 5 nitrogen and oxygen atoms in total. The molecule has 5 heteroatoms. The van der Waals surface area contributed by atoms with E-state index in [2.05, 4.69) is 0 Å². The Morgan fingerprint density at radius 2 is 1.75 bits per heavy atom. The van der Waals surface area contributed by atoms with Crippen LogP contribution in [0.1, 0.15) is 27.2 Å². The van der Waals surface area contributed by atoms with E-state index in [1.165, 1.54) is 4.90 Å². The van der Waals surface area contributed by atoms with E-state index in [0.29, 0.717) is 0 Å². The van der Waals surface area contributed by atoms with Gasteiger partial charge in [0.1, 0.15) is 0 Å². The van der Waals surface area contributed by atoms with Gasteiger partial charge >= 0.3 is 12.0 Å². The number of rotatable bonds is 5. The molecule has 0 aromatic rings. The molecule has 0 saturated heterocycles. The summed E-state index contributed by atoms with van der Waals surface area (Å²) in [5, 5.41) is 8.76. The Morgan fingerprint density at radius 1 is 1.25 bits per heavy atom. The third kappa shape index (κ3) is 4.08. The number of amides is 2. The Balaban J connectivity index is 4.33. The summed E-state index contributed by atoms with van der Waals surface area (Å²) in [5.41, 5.74) is 0. The average molecular weight is 230 g/mol. The van der Waals surface area contributed by atoms with E-state index in [1.54, 1.807) is 25.9 Å². The zero-order chi connectivity index (χ0) is 12.9. The fourth-order valence-corrected chi connectivity index (χ4v) is 1.30. The van der Waals surface area contributed by atoms with Crippen LogP contribution in [0.3, 0.4) is 0 Å². The van der Waals surface area contributed by atoms with E-state index < -0.39 is 11.9 Å². The molecule has 0 fully saturated rings. The monoisotopic (exact) mass is 230 g/mol. The summed E-state index contributed by atoms with van der Waals surface area (Å²) >= 11 is 0. The molecular weight excluding hydrogens is 208 g/mol. The second-order valence-corrected chi connectivity index (χ2v) is 4.27. The minimum absolute atomic E-state index is 0.137. The van der Waals surface area contributed by atoms with Crippen molar-refractivity contribution in [3.63, 3.8) is 0 Å². The van der Waals surface area contributed by atoms with Crippen molar-refractivity contribution in [2.45, 2.75) is 33.2 Å². The van der Waals surface area contributed by atoms with Crippen molar-refractivity contribution >= 4 is 12.0 Å². The van der Waals surface area contributed by atoms with Gasteiger partial charge in [0.15, 0.2) is 0 Å². The van der Waals surface area contributed by atoms with Crippen molar-refractivity contribution < 1.29 is 14.7 Å². The third-order valence-corrected chi connectivity index (χ3v) is 2.85. The Kier molecular flexibility index (Phi) is 5.85. The molecule has 0 radical (unpaired) electrons. The van der Waals surface area contributed by atoms with Crippen LogP contribution >= 0.6 is 0 Å². The van der Waals surface area contributed by atoms with Gasteiger partial charge in [-0.1, -0.05) is 13.8 Å². The predicted molar refractivity (Wildman–Crippen MR) is 62.3 cm³/mol. The van der Waals surface area contributed by atoms with E-state index in [9.17, 15) is 9.59 Å². The second kappa shape index (κ2) is 6.35. The van der Waals surface area contributed by atoms with Crippen molar-refractivity contribution in [1.29, 1.82) is 0 Å². The molecule has 2 amide bonds. The van der Waals surface area contributed by atoms with Gasteiger partial charge in [-0.3, -0.25) is 4.79 Å². The predicted octanol–water partition coefficient (Wildman–Crippen LogP) is 1.49. The topological polar surface area (TPSA) is 60.9 Å². The van der Waals surface area contributed by atoms with Gasteiger partial charge in [-0.15, -0.1) is 0 Å². The Labute approximate surface area is 97.0 Å². The highest BCUT2D eigenvalue weighted by atomic mass is 16.4. The van der Waals surface area contributed by atoms with Crippen LogP contribution in [-0.4, -0.2) is 53.6 Å². The van der Waals surface area contributed by atoms with Crippen molar-refractivity contribution in [2.75, 3.05) is 20.6 Å². The number of carbonyl (C=O) groups is 2. The number of nitrogens with zero attached hydrogens (tertiary/aromatic N) is 2. The molecule has 0 saturated carbocycles. The number of carbonyl (C=O) groups excluding carboxylic acids is 1. The summed E-state index contributed by atoms with van der Waals surface area (Å²) in [6, 6.07) is 0.0255. The lowest BCUT2D eigenvalue weighted by molar-refractivity contribution is -0.141. The van der Waals surface area contributed by atoms with Crippen LogP contribution in [-0.2, 0) is 4.79 Å². The first-order valence-corrected chi connectivity index (χ1v) is 5.51. The third-order valence-electron chi connectivity index (χ3n) is 2.85. The van der Waals surface area contributed by atoms with Crippen LogP contribution in [0.25, 0.3) is 0 Å². The molecular formula is C11H22N2O3. The van der Waals surface area contributed by atoms with Gasteiger partial charge in [0.05, 0.1) is 5.92 Å². The molecule has 0 rings (SSSR count). The maximum absolute atomic E-state index is 11.9. The van der Waals surface area contributed by atoms with Crippen LogP contribution in [0.4, 0.5) is 4.79 Å². The minimum Gasteiger partial charge on any atom is -0.481 e. The Bertz CT molecular complexity index is 256. The second-order valence-electron chi connectivity index (χ2n) is 4.27. The number of carboxylic acid groups (broad SMARTS) is 1. The lowest BCUT2D eigenvalue weighted by atomic mass is 10.2. The maximum atomic E-state index is 11.9. The summed E-state index contributed by atoms with van der Waals surface area (Å²) in [5.74, 6) is -1.43. The standard InChI is InChI=1S/C11H22N2O3/c1-6-9(3)13(5)11(16)12(4)7-8(2)10(14)15/h8-9H,6-7H2,1-5H3,(H,14,15). The van der Waals surface area contributed by atoms with E-state index in [-0.39, 0.29) is 18.6 Å².